The van der Waals surface area contributed by atoms with Crippen LogP contribution < -0.4 is 5.32 Å². The molecular weight excluding hydrogens is 288 g/mol. The molecule has 5 heteroatoms. The summed E-state index contributed by atoms with van der Waals surface area (Å²) in [6.45, 7) is 0. The van der Waals surface area contributed by atoms with Crippen molar-refractivity contribution in [2.45, 2.75) is 37.6 Å². The van der Waals surface area contributed by atoms with E-state index in [1.54, 1.807) is 0 Å². The number of carbonyl (C=O) groups is 1. The Bertz CT molecular complexity index is 452. The van der Waals surface area contributed by atoms with Gasteiger partial charge in [-0.25, -0.2) is 4.39 Å². The van der Waals surface area contributed by atoms with E-state index in [9.17, 15) is 9.18 Å². The summed E-state index contributed by atoms with van der Waals surface area (Å²) in [5.74, 6) is -0.749. The molecule has 2 nitrogen and oxygen atoms in total. The molecule has 0 aliphatic heterocycles. The molecule has 19 heavy (non-hydrogen) atoms. The highest BCUT2D eigenvalue weighted by molar-refractivity contribution is 6.33. The Balaban J connectivity index is 2.20. The van der Waals surface area contributed by atoms with Crippen LogP contribution in [0.15, 0.2) is 18.2 Å². The molecule has 0 aromatic heterocycles. The number of nitrogens with one attached hydrogen (secondary N) is 1. The zero-order valence-electron chi connectivity index (χ0n) is 10.5. The molecule has 0 radical (unpaired) electrons. The lowest BCUT2D eigenvalue weighted by Crippen LogP contribution is -2.51. The zero-order valence-corrected chi connectivity index (χ0v) is 12.0. The molecule has 1 aromatic rings. The molecule has 1 aliphatic carbocycles. The number of hydrogen-bond donors (Lipinski definition) is 1. The fraction of sp³-hybridized carbons (Fsp3) is 0.500. The molecule has 1 amide bonds. The van der Waals surface area contributed by atoms with Crippen molar-refractivity contribution in [1.29, 1.82) is 0 Å². The summed E-state index contributed by atoms with van der Waals surface area (Å²) < 4.78 is 13.7. The number of benzene rings is 1. The normalized spacial score (nSPS) is 18.1. The van der Waals surface area contributed by atoms with E-state index >= 15 is 0 Å². The first-order chi connectivity index (χ1) is 9.08. The number of carbonyl (C=O) groups excluding carboxylic acids is 1. The fourth-order valence-corrected chi connectivity index (χ4v) is 3.12. The van der Waals surface area contributed by atoms with Crippen LogP contribution in [0.25, 0.3) is 0 Å². The zero-order chi connectivity index (χ0) is 13.9. The van der Waals surface area contributed by atoms with Gasteiger partial charge < -0.3 is 5.32 Å². The minimum Gasteiger partial charge on any atom is -0.345 e. The number of halogens is 3. The first kappa shape index (κ1) is 14.6. The molecule has 0 unspecified atom stereocenters. The highest BCUT2D eigenvalue weighted by Crippen LogP contribution is 2.30. The monoisotopic (exact) mass is 303 g/mol. The highest BCUT2D eigenvalue weighted by atomic mass is 35.5. The maximum Gasteiger partial charge on any atom is 0.256 e. The average Bonchev–Trinajstić information content (AvgIpc) is 2.39. The summed E-state index contributed by atoms with van der Waals surface area (Å²) in [7, 11) is 0. The minimum absolute atomic E-state index is 0.0979. The lowest BCUT2D eigenvalue weighted by Gasteiger charge is -2.36. The second-order valence-corrected chi connectivity index (χ2v) is 5.70. The summed E-state index contributed by atoms with van der Waals surface area (Å²) in [5, 5.41) is 3.01. The van der Waals surface area contributed by atoms with Crippen molar-refractivity contribution < 1.29 is 9.18 Å². The van der Waals surface area contributed by atoms with E-state index in [2.05, 4.69) is 5.32 Å². The van der Waals surface area contributed by atoms with Crippen molar-refractivity contribution in [3.63, 3.8) is 0 Å². The molecule has 0 heterocycles. The predicted octanol–water partition coefficient (Wildman–Crippen LogP) is 4.15. The fourth-order valence-electron chi connectivity index (χ4n) is 2.54. The van der Waals surface area contributed by atoms with Crippen molar-refractivity contribution in [2.75, 3.05) is 5.88 Å². The Hall–Kier alpha value is -0.800. The van der Waals surface area contributed by atoms with Crippen LogP contribution >= 0.6 is 23.2 Å². The molecule has 1 saturated carbocycles. The third-order valence-electron chi connectivity index (χ3n) is 3.63. The lowest BCUT2D eigenvalue weighted by atomic mass is 9.83. The number of alkyl halides is 1. The molecule has 0 atom stereocenters. The van der Waals surface area contributed by atoms with Gasteiger partial charge >= 0.3 is 0 Å². The van der Waals surface area contributed by atoms with Crippen molar-refractivity contribution in [2.24, 2.45) is 0 Å². The van der Waals surface area contributed by atoms with E-state index in [4.69, 9.17) is 23.2 Å². The molecule has 0 spiro atoms. The molecule has 2 rings (SSSR count). The van der Waals surface area contributed by atoms with Crippen LogP contribution in [0.4, 0.5) is 4.39 Å². The Labute approximate surface area is 122 Å². The van der Waals surface area contributed by atoms with Crippen molar-refractivity contribution in [3.05, 3.63) is 34.6 Å². The molecule has 1 fully saturated rings. The van der Waals surface area contributed by atoms with Crippen LogP contribution in [0.2, 0.25) is 5.02 Å². The molecule has 1 aliphatic rings. The number of rotatable bonds is 3. The van der Waals surface area contributed by atoms with E-state index in [1.807, 2.05) is 0 Å². The van der Waals surface area contributed by atoms with E-state index < -0.39 is 17.3 Å². The quantitative estimate of drug-likeness (QED) is 0.835. The van der Waals surface area contributed by atoms with Crippen molar-refractivity contribution in [1.82, 2.24) is 5.32 Å². The van der Waals surface area contributed by atoms with Crippen LogP contribution in [0.3, 0.4) is 0 Å². The smallest absolute Gasteiger partial charge is 0.256 e. The second kappa shape index (κ2) is 6.10. The summed E-state index contributed by atoms with van der Waals surface area (Å²) in [6.07, 6.45) is 4.85. The average molecular weight is 304 g/mol. The Kier molecular flexibility index (Phi) is 4.69. The maximum absolute atomic E-state index is 13.7. The number of amides is 1. The van der Waals surface area contributed by atoms with E-state index in [0.717, 1.165) is 32.1 Å². The van der Waals surface area contributed by atoms with Gasteiger partial charge in [-0.15, -0.1) is 11.6 Å². The third-order valence-corrected chi connectivity index (χ3v) is 4.46. The van der Waals surface area contributed by atoms with Gasteiger partial charge in [-0.05, 0) is 25.0 Å². The van der Waals surface area contributed by atoms with Gasteiger partial charge in [0.2, 0.25) is 0 Å². The van der Waals surface area contributed by atoms with Crippen LogP contribution in [-0.4, -0.2) is 17.3 Å². The first-order valence-electron chi connectivity index (χ1n) is 6.40. The standard InChI is InChI=1S/C14H16Cl2FNO/c15-9-14(7-2-1-3-8-14)18-13(19)12-10(16)5-4-6-11(12)17/h4-6H,1-3,7-9H2,(H,18,19). The summed E-state index contributed by atoms with van der Waals surface area (Å²) in [6, 6.07) is 4.22. The van der Waals surface area contributed by atoms with Gasteiger partial charge in [-0.2, -0.15) is 0 Å². The SMILES string of the molecule is O=C(NC1(CCl)CCCCC1)c1c(F)cccc1Cl. The molecular formula is C14H16Cl2FNO. The summed E-state index contributed by atoms with van der Waals surface area (Å²) in [5.41, 5.74) is -0.526. The summed E-state index contributed by atoms with van der Waals surface area (Å²) >= 11 is 11.9. The van der Waals surface area contributed by atoms with Gasteiger partial charge in [0, 0.05) is 5.88 Å². The van der Waals surface area contributed by atoms with Crippen molar-refractivity contribution >= 4 is 29.1 Å². The van der Waals surface area contributed by atoms with Gasteiger partial charge in [0.15, 0.2) is 0 Å². The van der Waals surface area contributed by atoms with E-state index in [0.29, 0.717) is 5.88 Å². The second-order valence-electron chi connectivity index (χ2n) is 5.03. The van der Waals surface area contributed by atoms with E-state index in [1.165, 1.54) is 18.2 Å². The lowest BCUT2D eigenvalue weighted by molar-refractivity contribution is 0.0881. The molecule has 1 N–H and O–H groups in total. The van der Waals surface area contributed by atoms with Gasteiger partial charge in [0.05, 0.1) is 16.1 Å². The van der Waals surface area contributed by atoms with Gasteiger partial charge in [-0.1, -0.05) is 36.9 Å². The van der Waals surface area contributed by atoms with Gasteiger partial charge in [-0.3, -0.25) is 4.79 Å². The summed E-state index contributed by atoms with van der Waals surface area (Å²) in [4.78, 5) is 12.2. The van der Waals surface area contributed by atoms with Crippen LogP contribution in [0.1, 0.15) is 42.5 Å². The molecule has 0 bridgehead atoms. The largest absolute Gasteiger partial charge is 0.345 e. The third kappa shape index (κ3) is 3.21. The van der Waals surface area contributed by atoms with Gasteiger partial charge in [0.25, 0.3) is 5.91 Å². The van der Waals surface area contributed by atoms with Crippen molar-refractivity contribution in [3.8, 4) is 0 Å². The van der Waals surface area contributed by atoms with Crippen LogP contribution in [0, 0.1) is 5.82 Å². The predicted molar refractivity (Wildman–Crippen MR) is 75.4 cm³/mol. The minimum atomic E-state index is -0.606. The molecule has 0 saturated heterocycles. The Morgan fingerprint density at radius 3 is 2.58 bits per heavy atom. The van der Waals surface area contributed by atoms with Gasteiger partial charge in [0.1, 0.15) is 5.82 Å². The van der Waals surface area contributed by atoms with Crippen LogP contribution in [-0.2, 0) is 0 Å². The van der Waals surface area contributed by atoms with Crippen LogP contribution in [0.5, 0.6) is 0 Å². The maximum atomic E-state index is 13.7. The number of hydrogen-bond acceptors (Lipinski definition) is 1. The highest BCUT2D eigenvalue weighted by Gasteiger charge is 2.34. The molecule has 104 valence electrons. The first-order valence-corrected chi connectivity index (χ1v) is 7.32. The Morgan fingerprint density at radius 2 is 2.00 bits per heavy atom. The Morgan fingerprint density at radius 1 is 1.32 bits per heavy atom. The topological polar surface area (TPSA) is 29.1 Å². The van der Waals surface area contributed by atoms with E-state index in [-0.39, 0.29) is 10.6 Å². The molecule has 1 aromatic carbocycles.